The number of aromatic nitrogens is 3. The largest absolute Gasteiger partial charge is 0.507 e. The van der Waals surface area contributed by atoms with Gasteiger partial charge in [-0.3, -0.25) is 19.7 Å². The van der Waals surface area contributed by atoms with Gasteiger partial charge in [-0.25, -0.2) is 4.39 Å². The van der Waals surface area contributed by atoms with Crippen molar-refractivity contribution in [2.75, 3.05) is 44.2 Å². The number of amides is 2. The van der Waals surface area contributed by atoms with Crippen LogP contribution in [0.2, 0.25) is 0 Å². The fourth-order valence-electron chi connectivity index (χ4n) is 9.95. The molecule has 0 bridgehead atoms. The number of benzene rings is 2. The molecule has 0 spiro atoms. The van der Waals surface area contributed by atoms with E-state index in [9.17, 15) is 14.7 Å². The molecule has 17 heteroatoms. The van der Waals surface area contributed by atoms with Gasteiger partial charge in [-0.2, -0.15) is 5.10 Å². The van der Waals surface area contributed by atoms with Gasteiger partial charge in [-0.1, -0.05) is 55.4 Å². The topological polar surface area (TPSA) is 217 Å². The van der Waals surface area contributed by atoms with Crippen LogP contribution in [0.1, 0.15) is 88.1 Å². The Kier molecular flexibility index (Phi) is 15.5. The second kappa shape index (κ2) is 22.1. The summed E-state index contributed by atoms with van der Waals surface area (Å²) < 4.78 is 29.6. The molecule has 8 N–H and O–H groups in total. The summed E-state index contributed by atoms with van der Waals surface area (Å²) in [5.74, 6) is 0.119. The fourth-order valence-corrected chi connectivity index (χ4v) is 9.95. The Morgan fingerprint density at radius 1 is 1.01 bits per heavy atom. The van der Waals surface area contributed by atoms with Crippen molar-refractivity contribution >= 4 is 29.2 Å². The average Bonchev–Trinajstić information content (AvgIpc) is 4.14. The van der Waals surface area contributed by atoms with Crippen LogP contribution in [0.25, 0.3) is 17.0 Å². The third kappa shape index (κ3) is 11.6. The zero-order valence-corrected chi connectivity index (χ0v) is 40.5. The van der Waals surface area contributed by atoms with Crippen LogP contribution in [0.5, 0.6) is 5.75 Å². The van der Waals surface area contributed by atoms with E-state index in [2.05, 4.69) is 30.7 Å². The van der Waals surface area contributed by atoms with E-state index in [1.54, 1.807) is 47.6 Å². The van der Waals surface area contributed by atoms with E-state index in [1.807, 2.05) is 68.9 Å². The maximum atomic E-state index is 15.5. The summed E-state index contributed by atoms with van der Waals surface area (Å²) in [5, 5.41) is 33.1. The molecule has 6 heterocycles. The molecule has 0 radical (unpaired) electrons. The molecule has 16 nitrogen and oxygen atoms in total. The maximum Gasteiger partial charge on any atom is 0.243 e. The van der Waals surface area contributed by atoms with Gasteiger partial charge in [0.1, 0.15) is 35.5 Å². The van der Waals surface area contributed by atoms with Crippen molar-refractivity contribution in [2.24, 2.45) is 30.4 Å². The first-order valence-corrected chi connectivity index (χ1v) is 24.4. The lowest BCUT2D eigenvalue weighted by Crippen LogP contribution is -2.48. The van der Waals surface area contributed by atoms with Crippen molar-refractivity contribution < 1.29 is 28.3 Å². The maximum absolute atomic E-state index is 15.5. The van der Waals surface area contributed by atoms with Crippen molar-refractivity contribution in [3.05, 3.63) is 137 Å². The minimum atomic E-state index is -0.749. The van der Waals surface area contributed by atoms with Crippen LogP contribution < -0.4 is 27.0 Å². The number of hydrogen-bond donors (Lipinski definition) is 6. The van der Waals surface area contributed by atoms with Gasteiger partial charge in [0.25, 0.3) is 0 Å². The van der Waals surface area contributed by atoms with Crippen LogP contribution in [-0.4, -0.2) is 98.9 Å². The minimum Gasteiger partial charge on any atom is -0.507 e. The summed E-state index contributed by atoms with van der Waals surface area (Å²) in [7, 11) is 1.91. The number of dihydropyridines is 1. The van der Waals surface area contributed by atoms with Gasteiger partial charge < -0.3 is 51.2 Å². The van der Waals surface area contributed by atoms with Gasteiger partial charge in [-0.15, -0.1) is 0 Å². The molecule has 2 aromatic heterocycles. The molecule has 2 aromatic carbocycles. The Bertz CT molecular complexity index is 2670. The van der Waals surface area contributed by atoms with Crippen molar-refractivity contribution in [2.45, 2.75) is 83.4 Å². The molecule has 3 unspecified atom stereocenters. The molecule has 4 aliphatic heterocycles. The van der Waals surface area contributed by atoms with Crippen LogP contribution in [0.3, 0.4) is 0 Å². The van der Waals surface area contributed by atoms with Gasteiger partial charge in [0.15, 0.2) is 17.5 Å². The highest BCUT2D eigenvalue weighted by molar-refractivity contribution is 6.00. The summed E-state index contributed by atoms with van der Waals surface area (Å²) in [6, 6.07) is 17.6. The zero-order chi connectivity index (χ0) is 49.5. The first-order valence-electron chi connectivity index (χ1n) is 24.4. The molecule has 0 saturated carbocycles. The van der Waals surface area contributed by atoms with E-state index in [4.69, 9.17) is 26.1 Å². The number of aryl methyl sites for hydroxylation is 1. The Labute approximate surface area is 409 Å². The minimum absolute atomic E-state index is 0.00763. The second-order valence-corrected chi connectivity index (χ2v) is 19.2. The molecule has 3 fully saturated rings. The number of para-hydroxylation sites is 1. The third-order valence-electron chi connectivity index (χ3n) is 13.9. The number of aromatic hydroxyl groups is 1. The lowest BCUT2D eigenvalue weighted by molar-refractivity contribution is -0.141. The van der Waals surface area contributed by atoms with E-state index >= 15 is 4.39 Å². The summed E-state index contributed by atoms with van der Waals surface area (Å²) in [6.07, 6.45) is 14.4. The number of phenolic OH excluding ortho intramolecular Hbond substituents is 1. The number of nitrogens with zero attached hydrogens (tertiary/aromatic N) is 6. The Morgan fingerprint density at radius 3 is 2.44 bits per heavy atom. The Hall–Kier alpha value is -7.14. The number of halogens is 1. The normalized spacial score (nSPS) is 20.3. The van der Waals surface area contributed by atoms with Crippen molar-refractivity contribution in [3.8, 4) is 17.0 Å². The van der Waals surface area contributed by atoms with Crippen molar-refractivity contribution in [1.29, 1.82) is 5.41 Å². The molecule has 70 heavy (non-hydrogen) atoms. The van der Waals surface area contributed by atoms with Crippen LogP contribution in [0.15, 0.2) is 125 Å². The predicted octanol–water partition coefficient (Wildman–Crippen LogP) is 7.13. The molecule has 2 amide bonds. The molecule has 3 atom stereocenters. The lowest BCUT2D eigenvalue weighted by Gasteiger charge is -2.37. The molecule has 0 aliphatic carbocycles. The number of anilines is 1. The highest BCUT2D eigenvalue weighted by atomic mass is 19.1. The number of nitrogens with one attached hydrogen (secondary N) is 3. The highest BCUT2D eigenvalue weighted by Crippen LogP contribution is 2.34. The SMILES string of the molecule is CC(NC(=O)C1CCCN1C(=O)C(c1cc(N2CCC(CN3CCC(OC4=C/C(=C/C(F)=C(/C=C(\N)c5ccccc5O)C(=N)N)C=CN4)CC3)CC2)no1)C(C)C)c1ccc(-c2ccnn2C)cc1. The van der Waals surface area contributed by atoms with E-state index < -0.39 is 23.6 Å². The molecule has 4 aromatic rings. The van der Waals surface area contributed by atoms with Gasteiger partial charge in [0.05, 0.1) is 17.3 Å². The van der Waals surface area contributed by atoms with Gasteiger partial charge in [0.2, 0.25) is 11.8 Å². The van der Waals surface area contributed by atoms with Crippen molar-refractivity contribution in [1.82, 2.24) is 35.4 Å². The highest BCUT2D eigenvalue weighted by Gasteiger charge is 2.41. The number of ether oxygens (including phenoxy) is 1. The van der Waals surface area contributed by atoms with Crippen LogP contribution >= 0.6 is 0 Å². The number of carbonyl (C=O) groups is 2. The monoisotopic (exact) mass is 956 g/mol. The summed E-state index contributed by atoms with van der Waals surface area (Å²) >= 11 is 0. The van der Waals surface area contributed by atoms with E-state index in [1.165, 1.54) is 18.2 Å². The summed E-state index contributed by atoms with van der Waals surface area (Å²) in [6.45, 7) is 11.0. The number of rotatable bonds is 16. The Balaban J connectivity index is 0.795. The smallest absolute Gasteiger partial charge is 0.243 e. The number of likely N-dealkylation sites (tertiary alicyclic amines) is 2. The van der Waals surface area contributed by atoms with Crippen LogP contribution in [-0.2, 0) is 21.4 Å². The number of nitrogens with two attached hydrogens (primary N) is 2. The predicted molar refractivity (Wildman–Crippen MR) is 268 cm³/mol. The van der Waals surface area contributed by atoms with Gasteiger partial charge >= 0.3 is 0 Å². The standard InChI is InChI=1S/C53H66FN11O5/c1-33(2)50(53(68)65-23-7-9-45(65)52(67)60-34(3)37-11-13-38(14-12-37)44-16-22-59-62(44)4)47-31-48(61-70-47)64-26-17-35(18-27-64)32-63-24-19-39(20-25-63)69-49-29-36(15-21-58-49)28-42(54)41(51(56)57)30-43(55)40-8-5-6-10-46(40)66/h5-6,8,10-16,21-22,28-31,33-35,39,45,50,58,66H,7,9,17-20,23-27,32,55H2,1-4H3,(H3,56,57)(H,60,67)/b36-28+,42-41+,43-30-. The lowest BCUT2D eigenvalue weighted by atomic mass is 9.91. The molecular weight excluding hydrogens is 890 g/mol. The number of hydrogen-bond acceptors (Lipinski definition) is 12. The van der Waals surface area contributed by atoms with E-state index in [-0.39, 0.29) is 46.9 Å². The summed E-state index contributed by atoms with van der Waals surface area (Å²) in [5.41, 5.74) is 15.6. The second-order valence-electron chi connectivity index (χ2n) is 19.2. The van der Waals surface area contributed by atoms with Gasteiger partial charge in [0, 0.05) is 82.1 Å². The molecule has 4 aliphatic rings. The summed E-state index contributed by atoms with van der Waals surface area (Å²) in [4.78, 5) is 34.5. The molecule has 8 rings (SSSR count). The first-order chi connectivity index (χ1) is 33.7. The number of amidine groups is 1. The van der Waals surface area contributed by atoms with Gasteiger partial charge in [-0.05, 0) is 110 Å². The molecule has 3 saturated heterocycles. The van der Waals surface area contributed by atoms with Crippen LogP contribution in [0, 0.1) is 17.2 Å². The molecule has 370 valence electrons. The molecular formula is C53H66FN11O5. The first kappa shape index (κ1) is 49.3. The van der Waals surface area contributed by atoms with E-state index in [0.29, 0.717) is 41.7 Å². The average molecular weight is 956 g/mol. The number of allylic oxidation sites excluding steroid dienone is 5. The number of phenols is 1. The quantitative estimate of drug-likeness (QED) is 0.0376. The van der Waals surface area contributed by atoms with Crippen molar-refractivity contribution in [3.63, 3.8) is 0 Å². The Morgan fingerprint density at radius 2 is 1.76 bits per heavy atom. The number of piperidine rings is 2. The fraction of sp³-hybridized carbons (Fsp3) is 0.415. The third-order valence-corrected chi connectivity index (χ3v) is 13.9. The van der Waals surface area contributed by atoms with Crippen LogP contribution in [0.4, 0.5) is 10.2 Å². The number of carbonyl (C=O) groups excluding carboxylic acids is 2. The zero-order valence-electron chi connectivity index (χ0n) is 40.5. The van der Waals surface area contributed by atoms with E-state index in [0.717, 1.165) is 87.5 Å².